The summed E-state index contributed by atoms with van der Waals surface area (Å²) in [5.74, 6) is 1.64. The van der Waals surface area contributed by atoms with Crippen molar-refractivity contribution in [1.82, 2.24) is 0 Å². The van der Waals surface area contributed by atoms with Crippen LogP contribution < -0.4 is 47.2 Å². The van der Waals surface area contributed by atoms with E-state index in [0.717, 1.165) is 28.2 Å². The number of para-hydroxylation sites is 1. The van der Waals surface area contributed by atoms with Crippen molar-refractivity contribution < 1.29 is 18.9 Å². The molecule has 4 aliphatic heterocycles. The zero-order valence-corrected chi connectivity index (χ0v) is 30.6. The highest BCUT2D eigenvalue weighted by Crippen LogP contribution is 2.40. The van der Waals surface area contributed by atoms with Gasteiger partial charge in [0.2, 0.25) is 26.0 Å². The van der Waals surface area contributed by atoms with E-state index in [1.807, 2.05) is 26.0 Å². The molecule has 7 heteroatoms. The van der Waals surface area contributed by atoms with Crippen LogP contribution in [0.5, 0.6) is 11.5 Å². The van der Waals surface area contributed by atoms with Gasteiger partial charge in [0.1, 0.15) is 23.7 Å². The van der Waals surface area contributed by atoms with E-state index >= 15 is 0 Å². The van der Waals surface area contributed by atoms with Crippen molar-refractivity contribution in [2.24, 2.45) is 0 Å². The Hall–Kier alpha value is -6.01. The lowest BCUT2D eigenvalue weighted by Gasteiger charge is -2.44. The Morgan fingerprint density at radius 1 is 0.436 bits per heavy atom. The van der Waals surface area contributed by atoms with Gasteiger partial charge in [-0.2, -0.15) is 0 Å². The quantitative estimate of drug-likeness (QED) is 0.135. The Morgan fingerprint density at radius 3 is 1.42 bits per heavy atom. The summed E-state index contributed by atoms with van der Waals surface area (Å²) in [6.07, 6.45) is -0.0430. The van der Waals surface area contributed by atoms with E-state index < -0.39 is 0 Å². The van der Waals surface area contributed by atoms with Gasteiger partial charge < -0.3 is 23.8 Å². The number of benzene rings is 7. The second-order valence-electron chi connectivity index (χ2n) is 15.1. The molecule has 4 aliphatic rings. The molecule has 0 amide bonds. The van der Waals surface area contributed by atoms with E-state index in [0.29, 0.717) is 0 Å². The van der Waals surface area contributed by atoms with Crippen LogP contribution in [0.2, 0.25) is 0 Å². The number of hydrogen-bond acceptors (Lipinski definition) is 5. The van der Waals surface area contributed by atoms with Gasteiger partial charge in [-0.15, -0.1) is 0 Å². The SMILES string of the molecule is CC1OC1Oc1ccc(-c2cc3c4c(c2)B(c2ccccc2)c2ccc(-c5ccc(OC6OC6C)cc5)cc2N4c2ccccc2B3c2ccccc2)cc1. The molecular weight excluding hydrogens is 676 g/mol. The van der Waals surface area contributed by atoms with Gasteiger partial charge in [-0.25, -0.2) is 0 Å². The fourth-order valence-electron chi connectivity index (χ4n) is 8.66. The lowest BCUT2D eigenvalue weighted by molar-refractivity contribution is 0.178. The minimum atomic E-state index is -0.163. The highest BCUT2D eigenvalue weighted by Gasteiger charge is 2.44. The van der Waals surface area contributed by atoms with Gasteiger partial charge in [-0.3, -0.25) is 0 Å². The number of anilines is 3. The predicted octanol–water partition coefficient (Wildman–Crippen LogP) is 6.40. The molecule has 2 fully saturated rings. The van der Waals surface area contributed by atoms with Crippen LogP contribution >= 0.6 is 0 Å². The zero-order chi connectivity index (χ0) is 36.6. The summed E-state index contributed by atoms with van der Waals surface area (Å²) in [4.78, 5) is 2.54. The molecule has 7 aromatic rings. The Bertz CT molecular complexity index is 2550. The highest BCUT2D eigenvalue weighted by atomic mass is 16.8. The largest absolute Gasteiger partial charge is 0.462 e. The van der Waals surface area contributed by atoms with Crippen molar-refractivity contribution >= 4 is 63.3 Å². The smallest absolute Gasteiger partial charge is 0.246 e. The van der Waals surface area contributed by atoms with Crippen molar-refractivity contribution in [3.63, 3.8) is 0 Å². The van der Waals surface area contributed by atoms with Crippen molar-refractivity contribution in [1.29, 1.82) is 0 Å². The van der Waals surface area contributed by atoms with E-state index in [1.165, 1.54) is 55.4 Å². The van der Waals surface area contributed by atoms with Crippen molar-refractivity contribution in [3.05, 3.63) is 164 Å². The molecule has 0 bridgehead atoms. The topological polar surface area (TPSA) is 46.8 Å². The van der Waals surface area contributed by atoms with E-state index in [1.54, 1.807) is 0 Å². The van der Waals surface area contributed by atoms with Crippen molar-refractivity contribution in [3.8, 4) is 33.8 Å². The fraction of sp³-hybridized carbons (Fsp3) is 0.125. The molecule has 5 nitrogen and oxygen atoms in total. The van der Waals surface area contributed by atoms with Gasteiger partial charge in [-0.05, 0) is 94.4 Å². The molecule has 4 unspecified atom stereocenters. The number of epoxide rings is 2. The number of nitrogens with zero attached hydrogens (tertiary/aromatic N) is 1. The first-order valence-corrected chi connectivity index (χ1v) is 19.2. The Balaban J connectivity index is 1.12. The first kappa shape index (κ1) is 32.4. The lowest BCUT2D eigenvalue weighted by Crippen LogP contribution is -2.65. The molecule has 4 atom stereocenters. The average molecular weight is 713 g/mol. The fourth-order valence-corrected chi connectivity index (χ4v) is 8.66. The minimum absolute atomic E-state index is 0.0179. The standard InChI is InChI=1S/C48H37B2NO4/c1-30-47(52-30)54-38-22-17-32(18-23-38)34-21-26-41-45(29-34)51-44-16-10-9-15-40(44)49(36-11-5-3-6-12-36)42-27-35(33-19-24-39(25-20-33)55-48-31(2)53-48)28-43(46(42)51)50(41)37-13-7-4-8-14-37/h3-31,47-48H,1-2H3. The van der Waals surface area contributed by atoms with Crippen LogP contribution in [0.15, 0.2) is 164 Å². The summed E-state index contributed by atoms with van der Waals surface area (Å²) in [7, 11) is 0. The monoisotopic (exact) mass is 713 g/mol. The maximum absolute atomic E-state index is 6.04. The third-order valence-electron chi connectivity index (χ3n) is 11.5. The summed E-state index contributed by atoms with van der Waals surface area (Å²) in [5, 5.41) is 0. The molecule has 0 N–H and O–H groups in total. The van der Waals surface area contributed by atoms with Crippen LogP contribution in [0.25, 0.3) is 22.3 Å². The molecule has 11 rings (SSSR count). The first-order valence-electron chi connectivity index (χ1n) is 19.2. The normalized spacial score (nSPS) is 19.9. The van der Waals surface area contributed by atoms with E-state index in [-0.39, 0.29) is 38.2 Å². The number of fused-ring (bicyclic) bond motifs is 4. The van der Waals surface area contributed by atoms with Gasteiger partial charge in [0, 0.05) is 17.1 Å². The van der Waals surface area contributed by atoms with E-state index in [2.05, 4.69) is 157 Å². The maximum atomic E-state index is 6.04. The van der Waals surface area contributed by atoms with Gasteiger partial charge in [-0.1, -0.05) is 138 Å². The van der Waals surface area contributed by atoms with Gasteiger partial charge >= 0.3 is 0 Å². The van der Waals surface area contributed by atoms with E-state index in [4.69, 9.17) is 18.9 Å². The molecule has 0 radical (unpaired) electrons. The summed E-state index contributed by atoms with van der Waals surface area (Å²) in [5.41, 5.74) is 16.0. The zero-order valence-electron chi connectivity index (χ0n) is 30.6. The van der Waals surface area contributed by atoms with Crippen molar-refractivity contribution in [2.45, 2.75) is 38.6 Å². The number of ether oxygens (including phenoxy) is 4. The Morgan fingerprint density at radius 2 is 0.891 bits per heavy atom. The van der Waals surface area contributed by atoms with E-state index in [9.17, 15) is 0 Å². The van der Waals surface area contributed by atoms with Crippen LogP contribution in [-0.4, -0.2) is 38.2 Å². The van der Waals surface area contributed by atoms with Gasteiger partial charge in [0.25, 0.3) is 0 Å². The molecule has 0 spiro atoms. The molecule has 0 aliphatic carbocycles. The summed E-state index contributed by atoms with van der Waals surface area (Å²) in [6, 6.07) is 59.7. The third-order valence-corrected chi connectivity index (χ3v) is 11.5. The molecule has 0 saturated carbocycles. The Labute approximate surface area is 322 Å². The van der Waals surface area contributed by atoms with Gasteiger partial charge in [0.05, 0.1) is 0 Å². The van der Waals surface area contributed by atoms with Gasteiger partial charge in [0.15, 0.2) is 0 Å². The van der Waals surface area contributed by atoms with Crippen LogP contribution in [0, 0.1) is 0 Å². The predicted molar refractivity (Wildman–Crippen MR) is 224 cm³/mol. The number of rotatable bonds is 8. The van der Waals surface area contributed by atoms with Crippen LogP contribution in [-0.2, 0) is 9.47 Å². The summed E-state index contributed by atoms with van der Waals surface area (Å²) < 4.78 is 23.1. The lowest BCUT2D eigenvalue weighted by atomic mass is 9.30. The third kappa shape index (κ3) is 5.65. The first-order chi connectivity index (χ1) is 27.1. The molecule has 264 valence electrons. The Kier molecular flexibility index (Phi) is 7.55. The average Bonchev–Trinajstić information content (AvgIpc) is 4.14. The van der Waals surface area contributed by atoms with Crippen molar-refractivity contribution in [2.75, 3.05) is 4.90 Å². The van der Waals surface area contributed by atoms with Crippen LogP contribution in [0.3, 0.4) is 0 Å². The molecular formula is C48H37B2NO4. The van der Waals surface area contributed by atoms with Crippen LogP contribution in [0.1, 0.15) is 13.8 Å². The number of hydrogen-bond donors (Lipinski definition) is 0. The molecule has 7 aromatic carbocycles. The summed E-state index contributed by atoms with van der Waals surface area (Å²) >= 11 is 0. The second kappa shape index (κ2) is 12.8. The molecule has 4 heterocycles. The minimum Gasteiger partial charge on any atom is -0.462 e. The summed E-state index contributed by atoms with van der Waals surface area (Å²) in [6.45, 7) is 4.12. The second-order valence-corrected chi connectivity index (χ2v) is 15.1. The maximum Gasteiger partial charge on any atom is 0.246 e. The molecule has 2 saturated heterocycles. The molecule has 0 aromatic heterocycles. The van der Waals surface area contributed by atoms with Crippen LogP contribution in [0.4, 0.5) is 17.1 Å². The highest BCUT2D eigenvalue weighted by molar-refractivity contribution is 7.02. The molecule has 55 heavy (non-hydrogen) atoms.